The van der Waals surface area contributed by atoms with Gasteiger partial charge in [0.2, 0.25) is 23.6 Å². The number of rotatable bonds is 11. The molecule has 1 saturated carbocycles. The van der Waals surface area contributed by atoms with Gasteiger partial charge >= 0.3 is 5.97 Å². The van der Waals surface area contributed by atoms with Gasteiger partial charge in [-0.15, -0.1) is 11.3 Å². The maximum atomic E-state index is 15.1. The summed E-state index contributed by atoms with van der Waals surface area (Å²) in [6, 6.07) is 12.5. The van der Waals surface area contributed by atoms with Gasteiger partial charge in [-0.05, 0) is 99.2 Å². The fraction of sp³-hybridized carbons (Fsp3) is 0.429. The van der Waals surface area contributed by atoms with Crippen LogP contribution in [0.15, 0.2) is 54.1 Å². The third-order valence-corrected chi connectivity index (χ3v) is 14.0. The van der Waals surface area contributed by atoms with Crippen LogP contribution >= 0.6 is 22.9 Å². The number of anilines is 1. The Labute approximate surface area is 332 Å². The lowest BCUT2D eigenvalue weighted by Gasteiger charge is -2.49. The molecule has 292 valence electrons. The summed E-state index contributed by atoms with van der Waals surface area (Å²) in [6.45, 7) is 6.12. The lowest BCUT2D eigenvalue weighted by atomic mass is 9.51. The lowest BCUT2D eigenvalue weighted by Crippen LogP contribution is -2.49. The number of phenols is 1. The van der Waals surface area contributed by atoms with Crippen molar-refractivity contribution in [2.24, 2.45) is 36.1 Å². The van der Waals surface area contributed by atoms with Gasteiger partial charge in [-0.2, -0.15) is 5.10 Å². The number of aromatic hydroxyl groups is 1. The molecule has 0 bridgehead atoms. The van der Waals surface area contributed by atoms with Crippen LogP contribution in [0.2, 0.25) is 5.02 Å². The van der Waals surface area contributed by atoms with Gasteiger partial charge < -0.3 is 14.9 Å². The van der Waals surface area contributed by atoms with Crippen molar-refractivity contribution in [3.05, 3.63) is 70.3 Å². The number of likely N-dealkylation sites (tertiary alicyclic amines) is 1. The van der Waals surface area contributed by atoms with Crippen LogP contribution in [-0.2, 0) is 31.0 Å². The molecule has 56 heavy (non-hydrogen) atoms. The Morgan fingerprint density at radius 3 is 2.57 bits per heavy atom. The van der Waals surface area contributed by atoms with Gasteiger partial charge in [-0.25, -0.2) is 4.90 Å². The molecule has 4 aromatic rings. The number of aryl methyl sites for hydroxylation is 2. The highest BCUT2D eigenvalue weighted by atomic mass is 35.5. The van der Waals surface area contributed by atoms with Crippen LogP contribution < -0.4 is 9.64 Å². The lowest BCUT2D eigenvalue weighted by molar-refractivity contribution is -0.141. The molecule has 12 nitrogen and oxygen atoms in total. The van der Waals surface area contributed by atoms with Crippen molar-refractivity contribution < 1.29 is 38.9 Å². The van der Waals surface area contributed by atoms with Crippen LogP contribution in [0.5, 0.6) is 11.5 Å². The molecular formula is C42H43ClN4O8S. The number of aliphatic carboxylic acids is 1. The molecule has 2 aromatic heterocycles. The molecule has 0 spiro atoms. The Kier molecular flexibility index (Phi) is 9.59. The number of imide groups is 2. The van der Waals surface area contributed by atoms with Gasteiger partial charge in [0.15, 0.2) is 11.5 Å². The van der Waals surface area contributed by atoms with Crippen molar-refractivity contribution in [3.8, 4) is 22.1 Å². The number of carbonyl (C=O) groups excluding carboxylic acids is 4. The van der Waals surface area contributed by atoms with E-state index in [1.807, 2.05) is 38.1 Å². The summed E-state index contributed by atoms with van der Waals surface area (Å²) in [5.74, 6) is -5.02. The summed E-state index contributed by atoms with van der Waals surface area (Å²) in [6.07, 6.45) is 4.03. The Morgan fingerprint density at radius 1 is 1.04 bits per heavy atom. The second-order valence-electron chi connectivity index (χ2n) is 15.6. The molecule has 2 aliphatic carbocycles. The fourth-order valence-corrected chi connectivity index (χ4v) is 11.1. The largest absolute Gasteiger partial charge is 0.504 e. The average Bonchev–Trinajstić information content (AvgIpc) is 3.83. The number of ether oxygens (including phenoxy) is 1. The Bertz CT molecular complexity index is 2370. The second-order valence-corrected chi connectivity index (χ2v) is 17.1. The number of hydrogen-bond acceptors (Lipinski definition) is 9. The average molecular weight is 799 g/mol. The number of carboxylic acid groups (broad SMARTS) is 1. The van der Waals surface area contributed by atoms with Crippen LogP contribution in [0.25, 0.3) is 20.7 Å². The number of hydrogen-bond donors (Lipinski definition) is 2. The first-order valence-corrected chi connectivity index (χ1v) is 20.3. The molecule has 4 amide bonds. The van der Waals surface area contributed by atoms with E-state index in [2.05, 4.69) is 0 Å². The predicted molar refractivity (Wildman–Crippen MR) is 210 cm³/mol. The molecule has 2 aliphatic heterocycles. The van der Waals surface area contributed by atoms with Gasteiger partial charge in [0, 0.05) is 41.7 Å². The van der Waals surface area contributed by atoms with Gasteiger partial charge in [-0.3, -0.25) is 33.6 Å². The summed E-state index contributed by atoms with van der Waals surface area (Å²) < 4.78 is 8.37. The number of fused-ring (bicyclic) bond motifs is 5. The monoisotopic (exact) mass is 798 g/mol. The highest BCUT2D eigenvalue weighted by molar-refractivity contribution is 7.22. The zero-order valence-electron chi connectivity index (χ0n) is 31.6. The highest BCUT2D eigenvalue weighted by Crippen LogP contribution is 2.64. The van der Waals surface area contributed by atoms with Crippen molar-refractivity contribution >= 4 is 68.4 Å². The number of amides is 4. The van der Waals surface area contributed by atoms with Gasteiger partial charge in [0.1, 0.15) is 11.5 Å². The van der Waals surface area contributed by atoms with Crippen LogP contribution in [-0.4, -0.2) is 67.6 Å². The molecule has 4 aliphatic rings. The van der Waals surface area contributed by atoms with Crippen LogP contribution in [0, 0.1) is 36.0 Å². The van der Waals surface area contributed by atoms with E-state index < -0.39 is 52.8 Å². The van der Waals surface area contributed by atoms with E-state index in [-0.39, 0.29) is 42.7 Å². The third-order valence-electron chi connectivity index (χ3n) is 12.5. The first-order chi connectivity index (χ1) is 26.8. The Balaban J connectivity index is 1.19. The zero-order chi connectivity index (χ0) is 39.8. The summed E-state index contributed by atoms with van der Waals surface area (Å²) in [5, 5.41) is 26.1. The number of carboxylic acids is 1. The van der Waals surface area contributed by atoms with E-state index >= 15 is 4.79 Å². The number of thiophene rings is 1. The standard InChI is InChI=1S/C42H43ClN4O8S/c1-5-55-31-17-22(10-14-30(31)48)36-24-12-13-25-35(40(53)46(38(25)51)16-8-6-7-9-34(49)50)27(24)19-28-39(52)47(41(54)42(28,36)3)33-20-29(44-45(33)4)37-21(2)26-18-23(43)11-15-32(26)56-37/h10-12,14-15,17-18,20,25,27-28,35-36,48H,5-9,13,16,19H2,1-4H3,(H,49,50). The molecule has 2 N–H and O–H groups in total. The van der Waals surface area contributed by atoms with E-state index in [9.17, 15) is 24.3 Å². The van der Waals surface area contributed by atoms with Crippen LogP contribution in [0.4, 0.5) is 5.82 Å². The quantitative estimate of drug-likeness (QED) is 0.0906. The summed E-state index contributed by atoms with van der Waals surface area (Å²) in [4.78, 5) is 72.5. The Morgan fingerprint density at radius 2 is 1.82 bits per heavy atom. The molecule has 6 atom stereocenters. The SMILES string of the molecule is CCOc1cc(C2C3=CCC4C(=O)N(CCCCCC(=O)O)C(=O)C4C3CC3C(=O)N(c4cc(-c5sc6ccc(Cl)cc6c5C)nn4C)C(=O)C32C)ccc1O. The van der Waals surface area contributed by atoms with E-state index in [1.54, 1.807) is 48.2 Å². The first kappa shape index (κ1) is 37.9. The molecule has 3 fully saturated rings. The molecule has 2 aromatic carbocycles. The van der Waals surface area contributed by atoms with E-state index in [0.29, 0.717) is 54.4 Å². The van der Waals surface area contributed by atoms with Crippen LogP contribution in [0.3, 0.4) is 0 Å². The van der Waals surface area contributed by atoms with E-state index in [0.717, 1.165) is 26.1 Å². The van der Waals surface area contributed by atoms with Crippen molar-refractivity contribution in [2.75, 3.05) is 18.1 Å². The molecule has 2 saturated heterocycles. The van der Waals surface area contributed by atoms with Gasteiger partial charge in [0.25, 0.3) is 0 Å². The number of phenolic OH excluding ortho intramolecular Hbond substituents is 1. The summed E-state index contributed by atoms with van der Waals surface area (Å²) >= 11 is 7.87. The number of allylic oxidation sites excluding steroid dienone is 2. The van der Waals surface area contributed by atoms with Gasteiger partial charge in [0.05, 0.1) is 34.7 Å². The molecule has 0 radical (unpaired) electrons. The number of nitrogens with zero attached hydrogens (tertiary/aromatic N) is 4. The highest BCUT2D eigenvalue weighted by Gasteiger charge is 2.68. The molecule has 14 heteroatoms. The number of halogens is 1. The minimum absolute atomic E-state index is 0.0241. The second kappa shape index (κ2) is 14.2. The zero-order valence-corrected chi connectivity index (χ0v) is 33.2. The number of benzene rings is 2. The predicted octanol–water partition coefficient (Wildman–Crippen LogP) is 7.24. The molecular weight excluding hydrogens is 756 g/mol. The summed E-state index contributed by atoms with van der Waals surface area (Å²) in [7, 11) is 1.71. The minimum Gasteiger partial charge on any atom is -0.504 e. The molecule has 4 heterocycles. The normalized spacial score (nSPS) is 25.8. The smallest absolute Gasteiger partial charge is 0.303 e. The molecule has 6 unspecified atom stereocenters. The number of unbranched alkanes of at least 4 members (excludes halogenated alkanes) is 2. The van der Waals surface area contributed by atoms with Crippen LogP contribution in [0.1, 0.15) is 69.4 Å². The Hall–Kier alpha value is -5.01. The summed E-state index contributed by atoms with van der Waals surface area (Å²) in [5.41, 5.74) is 1.80. The van der Waals surface area contributed by atoms with Crippen molar-refractivity contribution in [1.29, 1.82) is 0 Å². The maximum Gasteiger partial charge on any atom is 0.303 e. The third kappa shape index (κ3) is 5.84. The maximum absolute atomic E-state index is 15.1. The van der Waals surface area contributed by atoms with Gasteiger partial charge in [-0.1, -0.05) is 35.7 Å². The minimum atomic E-state index is -1.29. The fourth-order valence-electron chi connectivity index (χ4n) is 9.82. The topological polar surface area (TPSA) is 159 Å². The van der Waals surface area contributed by atoms with Crippen molar-refractivity contribution in [2.45, 2.75) is 65.2 Å². The molecule has 8 rings (SSSR count). The number of aromatic nitrogens is 2. The van der Waals surface area contributed by atoms with Crippen molar-refractivity contribution in [1.82, 2.24) is 14.7 Å². The van der Waals surface area contributed by atoms with Crippen molar-refractivity contribution in [3.63, 3.8) is 0 Å². The van der Waals surface area contributed by atoms with E-state index in [1.165, 1.54) is 15.9 Å². The number of carbonyl (C=O) groups is 5. The van der Waals surface area contributed by atoms with E-state index in [4.69, 9.17) is 26.5 Å². The first-order valence-electron chi connectivity index (χ1n) is 19.1.